The number of pyridine rings is 1. The van der Waals surface area contributed by atoms with Crippen LogP contribution in [0, 0.1) is 0 Å². The number of hydrogen-bond acceptors (Lipinski definition) is 6. The molecule has 1 aliphatic rings. The van der Waals surface area contributed by atoms with Crippen LogP contribution in [-0.2, 0) is 6.54 Å². The Morgan fingerprint density at radius 1 is 1.65 bits per heavy atom. The molecule has 0 saturated heterocycles. The van der Waals surface area contributed by atoms with Crippen LogP contribution in [0.3, 0.4) is 0 Å². The summed E-state index contributed by atoms with van der Waals surface area (Å²) < 4.78 is 5.38. The fraction of sp³-hybridized carbons (Fsp3) is 0.417. The molecule has 1 aromatic rings. The van der Waals surface area contributed by atoms with Crippen molar-refractivity contribution in [3.8, 4) is 5.75 Å². The first-order valence-electron chi connectivity index (χ1n) is 6.12. The van der Waals surface area contributed by atoms with Gasteiger partial charge in [-0.2, -0.15) is 0 Å². The number of nitrogens with zero attached hydrogens (tertiary/aromatic N) is 2. The monoisotopic (exact) mass is 280 g/mol. The average Bonchev–Trinajstić information content (AvgIpc) is 2.77. The lowest BCUT2D eigenvalue weighted by atomic mass is 10.1. The highest BCUT2D eigenvalue weighted by Crippen LogP contribution is 2.27. The predicted octanol–water partition coefficient (Wildman–Crippen LogP) is 0.291. The third-order valence-electron chi connectivity index (χ3n) is 3.00. The average molecular weight is 280 g/mol. The minimum absolute atomic E-state index is 0.0466. The molecule has 0 saturated carbocycles. The summed E-state index contributed by atoms with van der Waals surface area (Å²) in [5.74, 6) is -0.483. The highest BCUT2D eigenvalue weighted by molar-refractivity contribution is 6.02. The molecule has 2 heterocycles. The Labute approximate surface area is 115 Å². The number of nitrogens with one attached hydrogen (secondary N) is 1. The van der Waals surface area contributed by atoms with Gasteiger partial charge < -0.3 is 15.6 Å². The van der Waals surface area contributed by atoms with E-state index in [1.165, 1.54) is 0 Å². The molecule has 0 fully saturated rings. The van der Waals surface area contributed by atoms with Crippen LogP contribution < -0.4 is 15.8 Å². The maximum Gasteiger partial charge on any atom is 0.414 e. The molecule has 20 heavy (non-hydrogen) atoms. The van der Waals surface area contributed by atoms with E-state index in [0.717, 1.165) is 12.6 Å². The van der Waals surface area contributed by atoms with Gasteiger partial charge in [0.2, 0.25) is 0 Å². The zero-order valence-electron chi connectivity index (χ0n) is 11.2. The SMILES string of the molecule is CCOc1cc2c(nc1C(=O)N(C)C(=O)O)C(N)NC2. The maximum atomic E-state index is 12.1. The molecule has 0 bridgehead atoms. The standard InChI is InChI=1S/C12H16N4O4/c1-3-20-7-4-6-5-14-10(13)8(6)15-9(7)11(17)16(2)12(18)19/h4,10,14H,3,5,13H2,1-2H3,(H,18,19). The van der Waals surface area contributed by atoms with Gasteiger partial charge in [-0.05, 0) is 18.6 Å². The Morgan fingerprint density at radius 2 is 2.35 bits per heavy atom. The van der Waals surface area contributed by atoms with Gasteiger partial charge in [-0.25, -0.2) is 14.7 Å². The molecule has 8 heteroatoms. The van der Waals surface area contributed by atoms with E-state index in [1.54, 1.807) is 13.0 Å². The van der Waals surface area contributed by atoms with Crippen LogP contribution in [0.1, 0.15) is 34.8 Å². The third kappa shape index (κ3) is 2.43. The first kappa shape index (κ1) is 14.2. The van der Waals surface area contributed by atoms with Crippen LogP contribution >= 0.6 is 0 Å². The van der Waals surface area contributed by atoms with E-state index in [0.29, 0.717) is 23.7 Å². The van der Waals surface area contributed by atoms with Crippen molar-refractivity contribution in [2.75, 3.05) is 13.7 Å². The lowest BCUT2D eigenvalue weighted by molar-refractivity contribution is 0.0772. The summed E-state index contributed by atoms with van der Waals surface area (Å²) in [5, 5.41) is 11.9. The summed E-state index contributed by atoms with van der Waals surface area (Å²) in [5.41, 5.74) is 7.15. The molecule has 108 valence electrons. The Hall–Kier alpha value is -2.19. The number of nitrogens with two attached hydrogens (primary N) is 1. The van der Waals surface area contributed by atoms with Gasteiger partial charge in [0.25, 0.3) is 5.91 Å². The number of fused-ring (bicyclic) bond motifs is 1. The second-order valence-corrected chi connectivity index (χ2v) is 4.32. The number of rotatable bonds is 3. The highest BCUT2D eigenvalue weighted by Gasteiger charge is 2.28. The first-order valence-corrected chi connectivity index (χ1v) is 6.12. The number of ether oxygens (including phenoxy) is 1. The summed E-state index contributed by atoms with van der Waals surface area (Å²) in [6, 6.07) is 1.68. The number of carbonyl (C=O) groups is 2. The van der Waals surface area contributed by atoms with Crippen LogP contribution in [0.4, 0.5) is 4.79 Å². The Balaban J connectivity index is 2.47. The van der Waals surface area contributed by atoms with E-state index < -0.39 is 18.2 Å². The Bertz CT molecular complexity index is 561. The molecule has 0 radical (unpaired) electrons. The lowest BCUT2D eigenvalue weighted by Gasteiger charge is -2.15. The van der Waals surface area contributed by atoms with E-state index in [1.807, 2.05) is 0 Å². The van der Waals surface area contributed by atoms with Crippen LogP contribution in [0.25, 0.3) is 0 Å². The van der Waals surface area contributed by atoms with Crippen LogP contribution in [0.5, 0.6) is 5.75 Å². The first-order chi connectivity index (χ1) is 9.45. The Kier molecular flexibility index (Phi) is 3.86. The van der Waals surface area contributed by atoms with Gasteiger partial charge in [0.05, 0.1) is 18.5 Å². The number of carbonyl (C=O) groups excluding carboxylic acids is 1. The quantitative estimate of drug-likeness (QED) is 0.728. The van der Waals surface area contributed by atoms with Gasteiger partial charge in [-0.1, -0.05) is 0 Å². The predicted molar refractivity (Wildman–Crippen MR) is 69.3 cm³/mol. The summed E-state index contributed by atoms with van der Waals surface area (Å²) in [7, 11) is 1.16. The van der Waals surface area contributed by atoms with E-state index in [-0.39, 0.29) is 11.4 Å². The van der Waals surface area contributed by atoms with E-state index >= 15 is 0 Å². The molecule has 8 nitrogen and oxygen atoms in total. The summed E-state index contributed by atoms with van der Waals surface area (Å²) >= 11 is 0. The van der Waals surface area contributed by atoms with Crippen LogP contribution in [0.15, 0.2) is 6.07 Å². The van der Waals surface area contributed by atoms with E-state index in [9.17, 15) is 9.59 Å². The second-order valence-electron chi connectivity index (χ2n) is 4.32. The van der Waals surface area contributed by atoms with E-state index in [2.05, 4.69) is 10.3 Å². The smallest absolute Gasteiger partial charge is 0.414 e. The molecule has 4 N–H and O–H groups in total. The number of aromatic nitrogens is 1. The highest BCUT2D eigenvalue weighted by atomic mass is 16.5. The zero-order chi connectivity index (χ0) is 14.9. The molecule has 1 aromatic heterocycles. The topological polar surface area (TPSA) is 118 Å². The van der Waals surface area contributed by atoms with Crippen molar-refractivity contribution in [1.82, 2.24) is 15.2 Å². The van der Waals surface area contributed by atoms with Crippen molar-refractivity contribution in [1.29, 1.82) is 0 Å². The molecule has 0 aromatic carbocycles. The van der Waals surface area contributed by atoms with Crippen molar-refractivity contribution in [2.45, 2.75) is 19.6 Å². The summed E-state index contributed by atoms with van der Waals surface area (Å²) in [4.78, 5) is 27.8. The molecule has 1 atom stereocenters. The van der Waals surface area contributed by atoms with Crippen molar-refractivity contribution in [3.05, 3.63) is 23.0 Å². The summed E-state index contributed by atoms with van der Waals surface area (Å²) in [6.45, 7) is 2.65. The molecule has 1 aliphatic heterocycles. The lowest BCUT2D eigenvalue weighted by Crippen LogP contribution is -2.33. The number of hydrogen-bond donors (Lipinski definition) is 3. The maximum absolute atomic E-state index is 12.1. The van der Waals surface area contributed by atoms with Crippen molar-refractivity contribution in [2.24, 2.45) is 5.73 Å². The second kappa shape index (κ2) is 5.43. The molecular formula is C12H16N4O4. The van der Waals surface area contributed by atoms with Gasteiger partial charge >= 0.3 is 6.09 Å². The normalized spacial score (nSPS) is 16.6. The van der Waals surface area contributed by atoms with Gasteiger partial charge in [0, 0.05) is 13.6 Å². The fourth-order valence-corrected chi connectivity index (χ4v) is 1.94. The molecule has 0 spiro atoms. The van der Waals surface area contributed by atoms with Gasteiger partial charge in [0.1, 0.15) is 0 Å². The number of amides is 2. The molecule has 2 rings (SSSR count). The fourth-order valence-electron chi connectivity index (χ4n) is 1.94. The van der Waals surface area contributed by atoms with Crippen molar-refractivity contribution in [3.63, 3.8) is 0 Å². The largest absolute Gasteiger partial charge is 0.491 e. The molecule has 1 unspecified atom stereocenters. The molecule has 2 amide bonds. The Morgan fingerprint density at radius 3 is 2.95 bits per heavy atom. The van der Waals surface area contributed by atoms with Crippen LogP contribution in [-0.4, -0.2) is 40.6 Å². The van der Waals surface area contributed by atoms with Crippen molar-refractivity contribution >= 4 is 12.0 Å². The van der Waals surface area contributed by atoms with Gasteiger partial charge in [0.15, 0.2) is 11.4 Å². The number of carboxylic acid groups (broad SMARTS) is 1. The van der Waals surface area contributed by atoms with E-state index in [4.69, 9.17) is 15.6 Å². The number of imide groups is 1. The molecule has 0 aliphatic carbocycles. The minimum atomic E-state index is -1.36. The van der Waals surface area contributed by atoms with Gasteiger partial charge in [-0.3, -0.25) is 10.1 Å². The van der Waals surface area contributed by atoms with Gasteiger partial charge in [-0.15, -0.1) is 0 Å². The zero-order valence-corrected chi connectivity index (χ0v) is 11.2. The molecular weight excluding hydrogens is 264 g/mol. The van der Waals surface area contributed by atoms with Crippen LogP contribution in [0.2, 0.25) is 0 Å². The third-order valence-corrected chi connectivity index (χ3v) is 3.00. The minimum Gasteiger partial charge on any atom is -0.491 e. The van der Waals surface area contributed by atoms with Crippen molar-refractivity contribution < 1.29 is 19.4 Å². The summed E-state index contributed by atoms with van der Waals surface area (Å²) in [6.07, 6.45) is -1.83.